The summed E-state index contributed by atoms with van der Waals surface area (Å²) in [6.07, 6.45) is 3.21. The van der Waals surface area contributed by atoms with Gasteiger partial charge in [0.05, 0.1) is 36.9 Å². The summed E-state index contributed by atoms with van der Waals surface area (Å²) < 4.78 is 0. The van der Waals surface area contributed by atoms with Gasteiger partial charge in [-0.1, -0.05) is 0 Å². The van der Waals surface area contributed by atoms with E-state index in [1.807, 2.05) is 29.2 Å². The van der Waals surface area contributed by atoms with E-state index in [2.05, 4.69) is 10.3 Å². The minimum atomic E-state index is -0.0802. The van der Waals surface area contributed by atoms with Gasteiger partial charge in [-0.3, -0.25) is 4.79 Å². The van der Waals surface area contributed by atoms with Gasteiger partial charge in [0.15, 0.2) is 5.78 Å². The fraction of sp³-hybridized carbons (Fsp3) is 0.368. The standard InChI is InChI=1S/C19H25N3O4/c1-14-12-18(17(13-19(14)26)20-6-9-23)21-15-2-4-16(5-3-15)22(7-10-24)8-11-25/h2-5,12-13,20,23-25H,6-11H2,1H3. The first kappa shape index (κ1) is 19.8. The van der Waals surface area contributed by atoms with Crippen molar-refractivity contribution in [3.63, 3.8) is 0 Å². The van der Waals surface area contributed by atoms with E-state index in [-0.39, 0.29) is 25.6 Å². The Morgan fingerprint density at radius 1 is 1.00 bits per heavy atom. The molecule has 7 nitrogen and oxygen atoms in total. The van der Waals surface area contributed by atoms with Gasteiger partial charge in [0, 0.05) is 31.4 Å². The van der Waals surface area contributed by atoms with Gasteiger partial charge in [-0.15, -0.1) is 0 Å². The number of ketones is 1. The van der Waals surface area contributed by atoms with Gasteiger partial charge in [-0.25, -0.2) is 4.99 Å². The Kier molecular flexibility index (Phi) is 7.53. The molecule has 140 valence electrons. The summed E-state index contributed by atoms with van der Waals surface area (Å²) in [5.74, 6) is -0.0802. The molecule has 7 heteroatoms. The molecule has 4 N–H and O–H groups in total. The number of carbonyl (C=O) groups excluding carboxylic acids is 1. The predicted octanol–water partition coefficient (Wildman–Crippen LogP) is 0.545. The third kappa shape index (κ3) is 5.26. The molecule has 0 heterocycles. The number of allylic oxidation sites excluding steroid dienone is 3. The molecule has 0 amide bonds. The maximum Gasteiger partial charge on any atom is 0.183 e. The topological polar surface area (TPSA) is 105 Å². The molecule has 0 radical (unpaired) electrons. The molecule has 0 saturated carbocycles. The van der Waals surface area contributed by atoms with Crippen molar-refractivity contribution in [2.24, 2.45) is 4.99 Å². The Balaban J connectivity index is 2.23. The number of anilines is 1. The molecule has 0 atom stereocenters. The van der Waals surface area contributed by atoms with Gasteiger partial charge in [0.2, 0.25) is 0 Å². The zero-order valence-electron chi connectivity index (χ0n) is 14.9. The second kappa shape index (κ2) is 9.86. The van der Waals surface area contributed by atoms with Crippen molar-refractivity contribution in [2.45, 2.75) is 6.92 Å². The minimum Gasteiger partial charge on any atom is -0.395 e. The van der Waals surface area contributed by atoms with Crippen molar-refractivity contribution >= 4 is 22.9 Å². The van der Waals surface area contributed by atoms with Crippen LogP contribution in [0, 0.1) is 0 Å². The first-order valence-electron chi connectivity index (χ1n) is 8.54. The normalized spacial score (nSPS) is 15.7. The largest absolute Gasteiger partial charge is 0.395 e. The van der Waals surface area contributed by atoms with Crippen LogP contribution in [0.15, 0.2) is 52.7 Å². The Hall–Kier alpha value is -2.48. The number of aliphatic imine (C=N–C) groups is 1. The Bertz CT molecular complexity index is 702. The molecule has 1 aliphatic rings. The average Bonchev–Trinajstić information content (AvgIpc) is 2.64. The zero-order chi connectivity index (χ0) is 18.9. The van der Waals surface area contributed by atoms with E-state index in [4.69, 9.17) is 15.3 Å². The number of benzene rings is 1. The van der Waals surface area contributed by atoms with E-state index in [9.17, 15) is 4.79 Å². The number of aliphatic hydroxyl groups is 3. The van der Waals surface area contributed by atoms with Crippen LogP contribution in [0.3, 0.4) is 0 Å². The van der Waals surface area contributed by atoms with Crippen LogP contribution in [0.5, 0.6) is 0 Å². The third-order valence-electron chi connectivity index (χ3n) is 3.92. The van der Waals surface area contributed by atoms with Crippen molar-refractivity contribution in [2.75, 3.05) is 44.4 Å². The summed E-state index contributed by atoms with van der Waals surface area (Å²) in [5.41, 5.74) is 3.42. The maximum absolute atomic E-state index is 11.9. The van der Waals surface area contributed by atoms with E-state index >= 15 is 0 Å². The number of nitrogens with one attached hydrogen (secondary N) is 1. The van der Waals surface area contributed by atoms with Crippen LogP contribution < -0.4 is 10.2 Å². The van der Waals surface area contributed by atoms with Gasteiger partial charge < -0.3 is 25.5 Å². The van der Waals surface area contributed by atoms with Crippen molar-refractivity contribution in [3.8, 4) is 0 Å². The number of rotatable bonds is 9. The quantitative estimate of drug-likeness (QED) is 0.480. The fourth-order valence-corrected chi connectivity index (χ4v) is 2.59. The molecule has 0 aromatic heterocycles. The molecule has 1 aromatic rings. The summed E-state index contributed by atoms with van der Waals surface area (Å²) in [6.45, 7) is 2.93. The molecule has 0 unspecified atom stereocenters. The van der Waals surface area contributed by atoms with Crippen LogP contribution in [0.4, 0.5) is 11.4 Å². The highest BCUT2D eigenvalue weighted by Gasteiger charge is 2.16. The first-order valence-corrected chi connectivity index (χ1v) is 8.54. The second-order valence-electron chi connectivity index (χ2n) is 5.85. The summed E-state index contributed by atoms with van der Waals surface area (Å²) in [6, 6.07) is 7.43. The van der Waals surface area contributed by atoms with E-state index in [0.717, 1.165) is 5.69 Å². The summed E-state index contributed by atoms with van der Waals surface area (Å²) in [4.78, 5) is 18.3. The van der Waals surface area contributed by atoms with E-state index in [1.165, 1.54) is 6.08 Å². The molecule has 2 rings (SSSR count). The highest BCUT2D eigenvalue weighted by molar-refractivity contribution is 6.22. The van der Waals surface area contributed by atoms with Gasteiger partial charge in [0.1, 0.15) is 0 Å². The van der Waals surface area contributed by atoms with E-state index < -0.39 is 0 Å². The van der Waals surface area contributed by atoms with Crippen LogP contribution in [0.2, 0.25) is 0 Å². The second-order valence-corrected chi connectivity index (χ2v) is 5.85. The van der Waals surface area contributed by atoms with Gasteiger partial charge in [-0.05, 0) is 42.8 Å². The SMILES string of the molecule is CC1=CC(=Nc2ccc(N(CCO)CCO)cc2)C(NCCO)=CC1=O. The van der Waals surface area contributed by atoms with Crippen LogP contribution in [0.1, 0.15) is 6.92 Å². The van der Waals surface area contributed by atoms with Crippen molar-refractivity contribution in [1.82, 2.24) is 5.32 Å². The lowest BCUT2D eigenvalue weighted by Gasteiger charge is -2.23. The lowest BCUT2D eigenvalue weighted by molar-refractivity contribution is -0.111. The molecule has 1 aromatic carbocycles. The predicted molar refractivity (Wildman–Crippen MR) is 102 cm³/mol. The number of hydrogen-bond donors (Lipinski definition) is 4. The Labute approximate surface area is 153 Å². The Morgan fingerprint density at radius 2 is 1.65 bits per heavy atom. The first-order chi connectivity index (χ1) is 12.6. The minimum absolute atomic E-state index is 0.00678. The van der Waals surface area contributed by atoms with E-state index in [0.29, 0.717) is 42.3 Å². The van der Waals surface area contributed by atoms with Gasteiger partial charge in [-0.2, -0.15) is 0 Å². The lowest BCUT2D eigenvalue weighted by atomic mass is 10.0. The average molecular weight is 359 g/mol. The van der Waals surface area contributed by atoms with Crippen molar-refractivity contribution in [3.05, 3.63) is 47.7 Å². The highest BCUT2D eigenvalue weighted by atomic mass is 16.3. The zero-order valence-corrected chi connectivity index (χ0v) is 14.9. The molecule has 0 saturated heterocycles. The number of aliphatic hydroxyl groups excluding tert-OH is 3. The molecular formula is C19H25N3O4. The smallest absolute Gasteiger partial charge is 0.183 e. The van der Waals surface area contributed by atoms with Crippen LogP contribution in [0.25, 0.3) is 0 Å². The molecular weight excluding hydrogens is 334 g/mol. The summed E-state index contributed by atoms with van der Waals surface area (Å²) in [7, 11) is 0. The number of nitrogens with zero attached hydrogens (tertiary/aromatic N) is 2. The van der Waals surface area contributed by atoms with Crippen LogP contribution >= 0.6 is 0 Å². The molecule has 1 aliphatic carbocycles. The molecule has 0 spiro atoms. The van der Waals surface area contributed by atoms with Gasteiger partial charge in [0.25, 0.3) is 0 Å². The monoisotopic (exact) mass is 359 g/mol. The van der Waals surface area contributed by atoms with Crippen LogP contribution in [-0.4, -0.2) is 66.3 Å². The Morgan fingerprint density at radius 3 is 2.23 bits per heavy atom. The summed E-state index contributed by atoms with van der Waals surface area (Å²) in [5, 5.41) is 30.3. The van der Waals surface area contributed by atoms with Gasteiger partial charge >= 0.3 is 0 Å². The van der Waals surface area contributed by atoms with Crippen LogP contribution in [-0.2, 0) is 4.79 Å². The fourth-order valence-electron chi connectivity index (χ4n) is 2.59. The lowest BCUT2D eigenvalue weighted by Crippen LogP contribution is -2.29. The molecule has 0 aliphatic heterocycles. The van der Waals surface area contributed by atoms with E-state index in [1.54, 1.807) is 13.0 Å². The molecule has 26 heavy (non-hydrogen) atoms. The number of hydrogen-bond acceptors (Lipinski definition) is 7. The summed E-state index contributed by atoms with van der Waals surface area (Å²) >= 11 is 0. The maximum atomic E-state index is 11.9. The molecule has 0 fully saturated rings. The highest BCUT2D eigenvalue weighted by Crippen LogP contribution is 2.22. The number of carbonyl (C=O) groups is 1. The van der Waals surface area contributed by atoms with Crippen molar-refractivity contribution in [1.29, 1.82) is 0 Å². The third-order valence-corrected chi connectivity index (χ3v) is 3.92. The van der Waals surface area contributed by atoms with Crippen molar-refractivity contribution < 1.29 is 20.1 Å². The molecule has 0 bridgehead atoms.